The Morgan fingerprint density at radius 1 is 1.00 bits per heavy atom. The Morgan fingerprint density at radius 2 is 1.67 bits per heavy atom. The second kappa shape index (κ2) is 9.76. The zero-order chi connectivity index (χ0) is 13.2. The molecule has 0 amide bonds. The maximum absolute atomic E-state index is 5.81. The molecule has 1 saturated carbocycles. The van der Waals surface area contributed by atoms with Gasteiger partial charge in [-0.05, 0) is 43.6 Å². The van der Waals surface area contributed by atoms with Crippen molar-refractivity contribution >= 4 is 0 Å². The van der Waals surface area contributed by atoms with Crippen molar-refractivity contribution in [1.82, 2.24) is 0 Å². The maximum Gasteiger partial charge on any atom is 0.0700 e. The summed E-state index contributed by atoms with van der Waals surface area (Å²) in [6, 6.07) is 0. The quantitative estimate of drug-likeness (QED) is 0.646. The lowest BCUT2D eigenvalue weighted by atomic mass is 9.80. The van der Waals surface area contributed by atoms with Crippen LogP contribution in [0.5, 0.6) is 0 Å². The van der Waals surface area contributed by atoms with E-state index >= 15 is 0 Å². The normalized spacial score (nSPS) is 24.7. The number of hydrogen-bond donors (Lipinski definition) is 1. The highest BCUT2D eigenvalue weighted by molar-refractivity contribution is 4.75. The van der Waals surface area contributed by atoms with Crippen molar-refractivity contribution in [2.45, 2.75) is 46.0 Å². The lowest BCUT2D eigenvalue weighted by Crippen LogP contribution is -2.30. The van der Waals surface area contributed by atoms with Gasteiger partial charge in [-0.2, -0.15) is 0 Å². The first kappa shape index (κ1) is 15.9. The molecule has 0 spiro atoms. The lowest BCUT2D eigenvalue weighted by molar-refractivity contribution is 0.0146. The summed E-state index contributed by atoms with van der Waals surface area (Å²) in [4.78, 5) is 0. The molecule has 1 aliphatic rings. The molecule has 0 bridgehead atoms. The van der Waals surface area contributed by atoms with Crippen molar-refractivity contribution in [2.75, 3.05) is 33.0 Å². The molecule has 0 aromatic carbocycles. The van der Waals surface area contributed by atoms with E-state index in [1.807, 2.05) is 0 Å². The van der Waals surface area contributed by atoms with E-state index in [0.29, 0.717) is 11.8 Å². The van der Waals surface area contributed by atoms with Gasteiger partial charge >= 0.3 is 0 Å². The smallest absolute Gasteiger partial charge is 0.0700 e. The van der Waals surface area contributed by atoms with E-state index < -0.39 is 0 Å². The number of rotatable bonds is 9. The molecule has 1 fully saturated rings. The molecule has 0 aliphatic heterocycles. The van der Waals surface area contributed by atoms with E-state index in [-0.39, 0.29) is 0 Å². The molecule has 0 radical (unpaired) electrons. The first-order valence-corrected chi connectivity index (χ1v) is 7.59. The minimum atomic E-state index is 0.680. The SMILES string of the molecule is CC(C)CCOCCOCC1CCCCC1CN. The molecule has 0 saturated heterocycles. The molecular weight excluding hydrogens is 226 g/mol. The Balaban J connectivity index is 1.96. The molecule has 18 heavy (non-hydrogen) atoms. The highest BCUT2D eigenvalue weighted by atomic mass is 16.5. The molecule has 3 heteroatoms. The van der Waals surface area contributed by atoms with Crippen LogP contribution in [-0.4, -0.2) is 33.0 Å². The Hall–Kier alpha value is -0.120. The van der Waals surface area contributed by atoms with Crippen LogP contribution in [0, 0.1) is 17.8 Å². The molecule has 2 atom stereocenters. The minimum Gasteiger partial charge on any atom is -0.379 e. The second-order valence-corrected chi connectivity index (χ2v) is 5.91. The lowest BCUT2D eigenvalue weighted by Gasteiger charge is -2.30. The van der Waals surface area contributed by atoms with Crippen LogP contribution in [0.15, 0.2) is 0 Å². The van der Waals surface area contributed by atoms with Crippen LogP contribution >= 0.6 is 0 Å². The third kappa shape index (κ3) is 6.72. The van der Waals surface area contributed by atoms with Crippen LogP contribution in [-0.2, 0) is 9.47 Å². The summed E-state index contributed by atoms with van der Waals surface area (Å²) in [5, 5.41) is 0. The van der Waals surface area contributed by atoms with Gasteiger partial charge in [-0.15, -0.1) is 0 Å². The van der Waals surface area contributed by atoms with Gasteiger partial charge in [0, 0.05) is 13.2 Å². The summed E-state index contributed by atoms with van der Waals surface area (Å²) in [7, 11) is 0. The third-order valence-electron chi connectivity index (χ3n) is 3.91. The van der Waals surface area contributed by atoms with E-state index in [1.54, 1.807) is 0 Å². The van der Waals surface area contributed by atoms with Crippen LogP contribution in [0.25, 0.3) is 0 Å². The summed E-state index contributed by atoms with van der Waals surface area (Å²) >= 11 is 0. The van der Waals surface area contributed by atoms with Crippen molar-refractivity contribution in [3.63, 3.8) is 0 Å². The minimum absolute atomic E-state index is 0.680. The first-order chi connectivity index (χ1) is 8.74. The van der Waals surface area contributed by atoms with E-state index in [9.17, 15) is 0 Å². The second-order valence-electron chi connectivity index (χ2n) is 5.91. The summed E-state index contributed by atoms with van der Waals surface area (Å²) in [5.41, 5.74) is 5.81. The topological polar surface area (TPSA) is 44.5 Å². The predicted octanol–water partition coefficient (Wildman–Crippen LogP) is 2.83. The fourth-order valence-electron chi connectivity index (χ4n) is 2.59. The zero-order valence-corrected chi connectivity index (χ0v) is 12.2. The maximum atomic E-state index is 5.81. The van der Waals surface area contributed by atoms with Crippen molar-refractivity contribution in [1.29, 1.82) is 0 Å². The molecule has 2 unspecified atom stereocenters. The zero-order valence-electron chi connectivity index (χ0n) is 12.2. The predicted molar refractivity (Wildman–Crippen MR) is 75.6 cm³/mol. The van der Waals surface area contributed by atoms with Gasteiger partial charge in [0.15, 0.2) is 0 Å². The molecule has 0 aromatic heterocycles. The molecule has 108 valence electrons. The van der Waals surface area contributed by atoms with Crippen molar-refractivity contribution in [3.8, 4) is 0 Å². The summed E-state index contributed by atoms with van der Waals surface area (Å²) < 4.78 is 11.3. The van der Waals surface area contributed by atoms with Crippen LogP contribution in [0.2, 0.25) is 0 Å². The average molecular weight is 257 g/mol. The Kier molecular flexibility index (Phi) is 8.64. The summed E-state index contributed by atoms with van der Waals surface area (Å²) in [5.74, 6) is 2.08. The number of hydrogen-bond acceptors (Lipinski definition) is 3. The third-order valence-corrected chi connectivity index (χ3v) is 3.91. The van der Waals surface area contributed by atoms with E-state index in [4.69, 9.17) is 15.2 Å². The standard InChI is InChI=1S/C15H31NO2/c1-13(2)7-8-17-9-10-18-12-15-6-4-3-5-14(15)11-16/h13-15H,3-12,16H2,1-2H3. The monoisotopic (exact) mass is 257 g/mol. The van der Waals surface area contributed by atoms with E-state index in [0.717, 1.165) is 45.3 Å². The van der Waals surface area contributed by atoms with E-state index in [2.05, 4.69) is 13.8 Å². The van der Waals surface area contributed by atoms with Crippen LogP contribution in [0.4, 0.5) is 0 Å². The van der Waals surface area contributed by atoms with Gasteiger partial charge in [-0.1, -0.05) is 26.7 Å². The molecule has 1 rings (SSSR count). The van der Waals surface area contributed by atoms with Crippen LogP contribution in [0.3, 0.4) is 0 Å². The first-order valence-electron chi connectivity index (χ1n) is 7.59. The van der Waals surface area contributed by atoms with Crippen LogP contribution < -0.4 is 5.73 Å². The Labute approximate surface area is 112 Å². The Morgan fingerprint density at radius 3 is 2.33 bits per heavy atom. The summed E-state index contributed by atoms with van der Waals surface area (Å²) in [6.45, 7) is 8.44. The molecule has 0 heterocycles. The molecule has 2 N–H and O–H groups in total. The van der Waals surface area contributed by atoms with Gasteiger partial charge in [0.2, 0.25) is 0 Å². The van der Waals surface area contributed by atoms with Gasteiger partial charge < -0.3 is 15.2 Å². The van der Waals surface area contributed by atoms with Gasteiger partial charge in [0.05, 0.1) is 13.2 Å². The van der Waals surface area contributed by atoms with Crippen molar-refractivity contribution < 1.29 is 9.47 Å². The highest BCUT2D eigenvalue weighted by Gasteiger charge is 2.23. The highest BCUT2D eigenvalue weighted by Crippen LogP contribution is 2.29. The Bertz CT molecular complexity index is 197. The van der Waals surface area contributed by atoms with Crippen molar-refractivity contribution in [3.05, 3.63) is 0 Å². The molecule has 0 aromatic rings. The molecule has 3 nitrogen and oxygen atoms in total. The number of nitrogens with two attached hydrogens (primary N) is 1. The van der Waals surface area contributed by atoms with Gasteiger partial charge in [-0.25, -0.2) is 0 Å². The van der Waals surface area contributed by atoms with Crippen molar-refractivity contribution in [2.24, 2.45) is 23.5 Å². The fraction of sp³-hybridized carbons (Fsp3) is 1.00. The van der Waals surface area contributed by atoms with Crippen LogP contribution in [0.1, 0.15) is 46.0 Å². The molecule has 1 aliphatic carbocycles. The van der Waals surface area contributed by atoms with Gasteiger partial charge in [0.1, 0.15) is 0 Å². The fourth-order valence-corrected chi connectivity index (χ4v) is 2.59. The number of ether oxygens (including phenoxy) is 2. The molecular formula is C15H31NO2. The average Bonchev–Trinajstić information content (AvgIpc) is 2.37. The van der Waals surface area contributed by atoms with E-state index in [1.165, 1.54) is 25.7 Å². The largest absolute Gasteiger partial charge is 0.379 e. The summed E-state index contributed by atoms with van der Waals surface area (Å²) in [6.07, 6.45) is 6.40. The van der Waals surface area contributed by atoms with Gasteiger partial charge in [-0.3, -0.25) is 0 Å². The van der Waals surface area contributed by atoms with Gasteiger partial charge in [0.25, 0.3) is 0 Å².